The minimum Gasteiger partial charge on any atom is -0.452 e. The molecule has 2 aromatic carbocycles. The number of nitrogens with one attached hydrogen (secondary N) is 2. The van der Waals surface area contributed by atoms with Crippen molar-refractivity contribution in [2.75, 3.05) is 13.7 Å². The Morgan fingerprint density at radius 3 is 2.44 bits per heavy atom. The molecule has 0 fully saturated rings. The second kappa shape index (κ2) is 8.74. The largest absolute Gasteiger partial charge is 0.452 e. The lowest BCUT2D eigenvalue weighted by atomic mass is 10.1. The highest BCUT2D eigenvalue weighted by Gasteiger charge is 2.17. The van der Waals surface area contributed by atoms with Crippen LogP contribution >= 0.6 is 0 Å². The van der Waals surface area contributed by atoms with Crippen molar-refractivity contribution in [3.05, 3.63) is 65.5 Å². The van der Waals surface area contributed by atoms with Gasteiger partial charge in [-0.2, -0.15) is 0 Å². The third-order valence-electron chi connectivity index (χ3n) is 3.73. The molecule has 9 heteroatoms. The Kier molecular flexibility index (Phi) is 6.65. The fourth-order valence-electron chi connectivity index (χ4n) is 2.24. The van der Waals surface area contributed by atoms with Crippen LogP contribution in [0.3, 0.4) is 0 Å². The van der Waals surface area contributed by atoms with E-state index in [2.05, 4.69) is 10.0 Å². The average Bonchev–Trinajstić information content (AvgIpc) is 2.66. The number of carbonyl (C=O) groups is 2. The fraction of sp³-hybridized carbons (Fsp3) is 0.222. The molecule has 0 radical (unpaired) electrons. The van der Waals surface area contributed by atoms with E-state index in [9.17, 15) is 22.4 Å². The molecular formula is C18H19FN2O5S. The first-order valence-electron chi connectivity index (χ1n) is 7.98. The van der Waals surface area contributed by atoms with Crippen LogP contribution in [0, 0.1) is 5.82 Å². The molecule has 2 aromatic rings. The van der Waals surface area contributed by atoms with Gasteiger partial charge in [0.2, 0.25) is 10.0 Å². The number of hydrogen-bond donors (Lipinski definition) is 2. The van der Waals surface area contributed by atoms with Gasteiger partial charge in [0.15, 0.2) is 6.61 Å². The number of halogens is 1. The Bertz CT molecular complexity index is 929. The molecule has 0 aliphatic carbocycles. The molecule has 0 saturated heterocycles. The first kappa shape index (κ1) is 20.5. The van der Waals surface area contributed by atoms with Crippen molar-refractivity contribution in [3.8, 4) is 0 Å². The summed E-state index contributed by atoms with van der Waals surface area (Å²) in [6.07, 6.45) is 0. The van der Waals surface area contributed by atoms with Gasteiger partial charge in [0, 0.05) is 0 Å². The van der Waals surface area contributed by atoms with Crippen LogP contribution in [0.4, 0.5) is 4.39 Å². The molecule has 1 amide bonds. The van der Waals surface area contributed by atoms with Gasteiger partial charge in [0.1, 0.15) is 5.82 Å². The number of carbonyl (C=O) groups excluding carboxylic acids is 2. The number of ether oxygens (including phenoxy) is 1. The molecule has 0 aliphatic heterocycles. The van der Waals surface area contributed by atoms with Gasteiger partial charge in [-0.15, -0.1) is 0 Å². The number of rotatable bonds is 7. The van der Waals surface area contributed by atoms with Gasteiger partial charge in [-0.05, 0) is 49.9 Å². The topological polar surface area (TPSA) is 102 Å². The van der Waals surface area contributed by atoms with E-state index in [4.69, 9.17) is 4.74 Å². The summed E-state index contributed by atoms with van der Waals surface area (Å²) in [5.74, 6) is -1.75. The molecule has 2 N–H and O–H groups in total. The molecule has 0 spiro atoms. The van der Waals surface area contributed by atoms with E-state index in [1.807, 2.05) is 0 Å². The van der Waals surface area contributed by atoms with E-state index in [-0.39, 0.29) is 16.3 Å². The normalized spacial score (nSPS) is 12.3. The van der Waals surface area contributed by atoms with Crippen molar-refractivity contribution in [1.29, 1.82) is 0 Å². The molecule has 0 saturated carbocycles. The molecule has 1 atom stereocenters. The average molecular weight is 394 g/mol. The zero-order valence-electron chi connectivity index (χ0n) is 14.7. The molecular weight excluding hydrogens is 375 g/mol. The second-order valence-corrected chi connectivity index (χ2v) is 7.54. The van der Waals surface area contributed by atoms with Crippen molar-refractivity contribution in [1.82, 2.24) is 10.0 Å². The highest BCUT2D eigenvalue weighted by atomic mass is 32.2. The van der Waals surface area contributed by atoms with E-state index >= 15 is 0 Å². The fourth-order valence-corrected chi connectivity index (χ4v) is 3.02. The quantitative estimate of drug-likeness (QED) is 0.697. The minimum atomic E-state index is -3.70. The molecule has 144 valence electrons. The number of amides is 1. The summed E-state index contributed by atoms with van der Waals surface area (Å²) in [5.41, 5.74) is 0.701. The van der Waals surface area contributed by atoms with Crippen LogP contribution in [0.15, 0.2) is 53.4 Å². The van der Waals surface area contributed by atoms with Gasteiger partial charge in [0.25, 0.3) is 5.91 Å². The van der Waals surface area contributed by atoms with E-state index in [1.165, 1.54) is 37.4 Å². The van der Waals surface area contributed by atoms with Crippen LogP contribution in [0.25, 0.3) is 0 Å². The third kappa shape index (κ3) is 5.60. The number of sulfonamides is 1. The highest BCUT2D eigenvalue weighted by molar-refractivity contribution is 7.89. The molecule has 0 unspecified atom stereocenters. The van der Waals surface area contributed by atoms with E-state index < -0.39 is 34.5 Å². The van der Waals surface area contributed by atoms with Gasteiger partial charge in [-0.1, -0.05) is 18.2 Å². The maximum absolute atomic E-state index is 12.9. The second-order valence-electron chi connectivity index (χ2n) is 5.65. The zero-order chi connectivity index (χ0) is 20.0. The van der Waals surface area contributed by atoms with Gasteiger partial charge in [-0.3, -0.25) is 4.79 Å². The van der Waals surface area contributed by atoms with Gasteiger partial charge < -0.3 is 10.1 Å². The Morgan fingerprint density at radius 2 is 1.81 bits per heavy atom. The number of benzene rings is 2. The molecule has 27 heavy (non-hydrogen) atoms. The predicted octanol–water partition coefficient (Wildman–Crippen LogP) is 1.77. The Balaban J connectivity index is 1.94. The third-order valence-corrected chi connectivity index (χ3v) is 5.14. The van der Waals surface area contributed by atoms with Gasteiger partial charge in [-0.25, -0.2) is 22.3 Å². The monoisotopic (exact) mass is 394 g/mol. The summed E-state index contributed by atoms with van der Waals surface area (Å²) in [5, 5.41) is 2.62. The lowest BCUT2D eigenvalue weighted by molar-refractivity contribution is -0.124. The highest BCUT2D eigenvalue weighted by Crippen LogP contribution is 2.14. The lowest BCUT2D eigenvalue weighted by Crippen LogP contribution is -2.31. The first-order valence-corrected chi connectivity index (χ1v) is 9.47. The summed E-state index contributed by atoms with van der Waals surface area (Å²) < 4.78 is 43.5. The molecule has 2 rings (SSSR count). The van der Waals surface area contributed by atoms with E-state index in [0.717, 1.165) is 6.07 Å². The van der Waals surface area contributed by atoms with Crippen LogP contribution in [-0.2, 0) is 19.6 Å². The van der Waals surface area contributed by atoms with Crippen LogP contribution in [0.1, 0.15) is 28.9 Å². The van der Waals surface area contributed by atoms with E-state index in [0.29, 0.717) is 5.56 Å². The summed E-state index contributed by atoms with van der Waals surface area (Å²) in [4.78, 5) is 23.9. The molecule has 0 aromatic heterocycles. The summed E-state index contributed by atoms with van der Waals surface area (Å²) in [6.45, 7) is 1.17. The zero-order valence-corrected chi connectivity index (χ0v) is 15.5. The Hall–Kier alpha value is -2.78. The van der Waals surface area contributed by atoms with E-state index in [1.54, 1.807) is 19.1 Å². The van der Waals surface area contributed by atoms with Gasteiger partial charge >= 0.3 is 5.97 Å². The summed E-state index contributed by atoms with van der Waals surface area (Å²) >= 11 is 0. The maximum atomic E-state index is 12.9. The summed E-state index contributed by atoms with van der Waals surface area (Å²) in [7, 11) is -2.44. The lowest BCUT2D eigenvalue weighted by Gasteiger charge is -2.14. The van der Waals surface area contributed by atoms with Gasteiger partial charge in [0.05, 0.1) is 16.5 Å². The van der Waals surface area contributed by atoms with Crippen LogP contribution in [0.2, 0.25) is 0 Å². The van der Waals surface area contributed by atoms with Crippen molar-refractivity contribution in [2.45, 2.75) is 17.9 Å². The van der Waals surface area contributed by atoms with Crippen molar-refractivity contribution < 1.29 is 27.1 Å². The van der Waals surface area contributed by atoms with Crippen LogP contribution in [-0.4, -0.2) is 33.9 Å². The minimum absolute atomic E-state index is 0.00529. The van der Waals surface area contributed by atoms with Crippen LogP contribution in [0.5, 0.6) is 0 Å². The molecule has 0 heterocycles. The molecule has 0 bridgehead atoms. The maximum Gasteiger partial charge on any atom is 0.338 e. The first-order chi connectivity index (χ1) is 12.7. The predicted molar refractivity (Wildman–Crippen MR) is 95.9 cm³/mol. The number of hydrogen-bond acceptors (Lipinski definition) is 5. The van der Waals surface area contributed by atoms with Crippen molar-refractivity contribution in [3.63, 3.8) is 0 Å². The number of esters is 1. The smallest absolute Gasteiger partial charge is 0.338 e. The Morgan fingerprint density at radius 1 is 1.15 bits per heavy atom. The SMILES string of the molecule is CNS(=O)(=O)c1cccc(C(=O)OCC(=O)N[C@@H](C)c2ccc(F)cc2)c1. The standard InChI is InChI=1S/C18H19FN2O5S/c1-12(13-6-8-15(19)9-7-13)21-17(22)11-26-18(23)14-4-3-5-16(10-14)27(24,25)20-2/h3-10,12,20H,11H2,1-2H3,(H,21,22)/t12-/m0/s1. The summed E-state index contributed by atoms with van der Waals surface area (Å²) in [6, 6.07) is 10.5. The molecule has 7 nitrogen and oxygen atoms in total. The molecule has 0 aliphatic rings. The Labute approximate surface area is 156 Å². The van der Waals surface area contributed by atoms with Crippen molar-refractivity contribution >= 4 is 21.9 Å². The van der Waals surface area contributed by atoms with Crippen molar-refractivity contribution in [2.24, 2.45) is 0 Å². The van der Waals surface area contributed by atoms with Crippen LogP contribution < -0.4 is 10.0 Å².